The zero-order valence-electron chi connectivity index (χ0n) is 22.5. The summed E-state index contributed by atoms with van der Waals surface area (Å²) in [4.78, 5) is 0. The van der Waals surface area contributed by atoms with Crippen molar-refractivity contribution >= 4 is 0 Å². The molecule has 0 atom stereocenters. The molecule has 4 rings (SSSR count). The van der Waals surface area contributed by atoms with E-state index in [0.717, 1.165) is 70.0 Å². The van der Waals surface area contributed by atoms with Crippen LogP contribution in [0.3, 0.4) is 0 Å². The molecule has 0 heterocycles. The quantitative estimate of drug-likeness (QED) is 0.451. The van der Waals surface area contributed by atoms with Gasteiger partial charge >= 0.3 is 0 Å². The first kappa shape index (κ1) is 25.5. The molecule has 0 spiro atoms. The molecular formula is C30H48O4. The van der Waals surface area contributed by atoms with E-state index in [0.29, 0.717) is 27.7 Å². The van der Waals surface area contributed by atoms with Crippen molar-refractivity contribution in [2.45, 2.75) is 137 Å². The maximum absolute atomic E-state index is 10.9. The second-order valence-corrected chi connectivity index (χ2v) is 13.7. The molecule has 0 aliphatic heterocycles. The van der Waals surface area contributed by atoms with Gasteiger partial charge in [-0.2, -0.15) is 0 Å². The Morgan fingerprint density at radius 1 is 0.559 bits per heavy atom. The van der Waals surface area contributed by atoms with Crippen LogP contribution in [-0.4, -0.2) is 23.4 Å². The molecular weight excluding hydrogens is 424 g/mol. The molecule has 3 aliphatic rings. The van der Waals surface area contributed by atoms with Gasteiger partial charge in [0.1, 0.15) is 0 Å². The minimum atomic E-state index is 0.109. The predicted molar refractivity (Wildman–Crippen MR) is 138 cm³/mol. The number of benzene rings is 1. The van der Waals surface area contributed by atoms with Gasteiger partial charge < -0.3 is 19.3 Å². The van der Waals surface area contributed by atoms with E-state index in [1.54, 1.807) is 6.07 Å². The van der Waals surface area contributed by atoms with Gasteiger partial charge in [-0.3, -0.25) is 0 Å². The number of hydrogen-bond donors (Lipinski definition) is 1. The lowest BCUT2D eigenvalue weighted by molar-refractivity contribution is 0.0641. The summed E-state index contributed by atoms with van der Waals surface area (Å²) in [6.45, 7) is 14.0. The van der Waals surface area contributed by atoms with Gasteiger partial charge in [0.15, 0.2) is 11.5 Å². The number of hydrogen-bond acceptors (Lipinski definition) is 4. The second kappa shape index (κ2) is 9.82. The summed E-state index contributed by atoms with van der Waals surface area (Å²) in [5, 5.41) is 10.9. The van der Waals surface area contributed by atoms with Crippen molar-refractivity contribution in [2.75, 3.05) is 0 Å². The van der Waals surface area contributed by atoms with E-state index in [4.69, 9.17) is 14.2 Å². The molecule has 4 nitrogen and oxygen atoms in total. The Labute approximate surface area is 207 Å². The first-order valence-corrected chi connectivity index (χ1v) is 13.8. The van der Waals surface area contributed by atoms with Gasteiger partial charge in [0, 0.05) is 0 Å². The highest BCUT2D eigenvalue weighted by Gasteiger charge is 2.34. The Bertz CT molecular complexity index is 810. The zero-order chi connectivity index (χ0) is 24.6. The maximum atomic E-state index is 10.9. The fourth-order valence-electron chi connectivity index (χ4n) is 5.84. The lowest BCUT2D eigenvalue weighted by Crippen LogP contribution is -2.31. The standard InChI is InChI=1S/C30H48O4/c1-28(2)15-9-21(10-16-28)32-25-8-7-24(31)26(33-22-11-17-29(3,4)18-12-22)27(25)34-23-13-19-30(5,6)20-14-23/h7-8,21-23,31H,9-20H2,1-6H3. The van der Waals surface area contributed by atoms with Crippen LogP contribution in [0, 0.1) is 16.2 Å². The van der Waals surface area contributed by atoms with E-state index in [2.05, 4.69) is 41.5 Å². The lowest BCUT2D eigenvalue weighted by Gasteiger charge is -2.37. The summed E-state index contributed by atoms with van der Waals surface area (Å²) in [7, 11) is 0. The van der Waals surface area contributed by atoms with Crippen molar-refractivity contribution in [2.24, 2.45) is 16.2 Å². The highest BCUT2D eigenvalue weighted by molar-refractivity contribution is 5.59. The van der Waals surface area contributed by atoms with E-state index in [9.17, 15) is 5.11 Å². The molecule has 0 saturated heterocycles. The van der Waals surface area contributed by atoms with Crippen LogP contribution in [0.4, 0.5) is 0 Å². The first-order valence-electron chi connectivity index (χ1n) is 13.8. The third-order valence-electron chi connectivity index (χ3n) is 8.78. The average molecular weight is 473 g/mol. The molecule has 0 amide bonds. The van der Waals surface area contributed by atoms with Crippen LogP contribution in [0.1, 0.15) is 119 Å². The van der Waals surface area contributed by atoms with Crippen molar-refractivity contribution in [3.05, 3.63) is 12.1 Å². The first-order chi connectivity index (χ1) is 15.9. The normalized spacial score (nSPS) is 25.6. The summed E-state index contributed by atoms with van der Waals surface area (Å²) in [6.07, 6.45) is 13.5. The third kappa shape index (κ3) is 6.55. The van der Waals surface area contributed by atoms with Gasteiger partial charge in [-0.05, 0) is 105 Å². The average Bonchev–Trinajstić information content (AvgIpc) is 2.76. The van der Waals surface area contributed by atoms with Crippen LogP contribution in [-0.2, 0) is 0 Å². The third-order valence-corrected chi connectivity index (χ3v) is 8.78. The molecule has 4 heteroatoms. The van der Waals surface area contributed by atoms with E-state index >= 15 is 0 Å². The minimum absolute atomic E-state index is 0.109. The Hall–Kier alpha value is -1.58. The summed E-state index contributed by atoms with van der Waals surface area (Å²) in [5.74, 6) is 2.01. The molecule has 0 aromatic heterocycles. The number of phenolic OH excluding ortho intramolecular Hbond substituents is 1. The molecule has 0 unspecified atom stereocenters. The van der Waals surface area contributed by atoms with Crippen LogP contribution in [0.5, 0.6) is 23.0 Å². The van der Waals surface area contributed by atoms with Gasteiger partial charge in [-0.1, -0.05) is 41.5 Å². The molecule has 0 radical (unpaired) electrons. The van der Waals surface area contributed by atoms with Crippen molar-refractivity contribution < 1.29 is 19.3 Å². The highest BCUT2D eigenvalue weighted by atomic mass is 16.6. The second-order valence-electron chi connectivity index (χ2n) is 13.7. The summed E-state index contributed by atoms with van der Waals surface area (Å²) in [5.41, 5.74) is 1.14. The molecule has 3 aliphatic carbocycles. The number of phenols is 1. The van der Waals surface area contributed by atoms with Crippen molar-refractivity contribution in [3.8, 4) is 23.0 Å². The van der Waals surface area contributed by atoms with E-state index in [-0.39, 0.29) is 24.1 Å². The monoisotopic (exact) mass is 472 g/mol. The maximum Gasteiger partial charge on any atom is 0.207 e. The van der Waals surface area contributed by atoms with Crippen LogP contribution < -0.4 is 14.2 Å². The van der Waals surface area contributed by atoms with Crippen molar-refractivity contribution in [3.63, 3.8) is 0 Å². The molecule has 1 aromatic rings. The van der Waals surface area contributed by atoms with Crippen molar-refractivity contribution in [1.29, 1.82) is 0 Å². The lowest BCUT2D eigenvalue weighted by atomic mass is 9.76. The highest BCUT2D eigenvalue weighted by Crippen LogP contribution is 2.49. The number of ether oxygens (including phenoxy) is 3. The van der Waals surface area contributed by atoms with Gasteiger partial charge in [-0.15, -0.1) is 0 Å². The van der Waals surface area contributed by atoms with Crippen molar-refractivity contribution in [1.82, 2.24) is 0 Å². The minimum Gasteiger partial charge on any atom is -0.504 e. The van der Waals surface area contributed by atoms with Crippen LogP contribution in [0.15, 0.2) is 12.1 Å². The van der Waals surface area contributed by atoms with Gasteiger partial charge in [0.2, 0.25) is 11.5 Å². The van der Waals surface area contributed by atoms with E-state index < -0.39 is 0 Å². The molecule has 0 bridgehead atoms. The fourth-order valence-corrected chi connectivity index (χ4v) is 5.84. The Morgan fingerprint density at radius 3 is 1.32 bits per heavy atom. The summed E-state index contributed by atoms with van der Waals surface area (Å²) in [6, 6.07) is 3.61. The van der Waals surface area contributed by atoms with Gasteiger partial charge in [0.25, 0.3) is 0 Å². The molecule has 3 saturated carbocycles. The molecule has 34 heavy (non-hydrogen) atoms. The topological polar surface area (TPSA) is 47.9 Å². The Morgan fingerprint density at radius 2 is 0.912 bits per heavy atom. The summed E-state index contributed by atoms with van der Waals surface area (Å²) < 4.78 is 19.7. The van der Waals surface area contributed by atoms with E-state index in [1.165, 1.54) is 12.8 Å². The van der Waals surface area contributed by atoms with Crippen LogP contribution in [0.25, 0.3) is 0 Å². The summed E-state index contributed by atoms with van der Waals surface area (Å²) >= 11 is 0. The molecule has 1 N–H and O–H groups in total. The molecule has 1 aromatic carbocycles. The van der Waals surface area contributed by atoms with E-state index in [1.807, 2.05) is 6.07 Å². The number of aromatic hydroxyl groups is 1. The Kier molecular flexibility index (Phi) is 7.37. The predicted octanol–water partition coefficient (Wildman–Crippen LogP) is 8.44. The van der Waals surface area contributed by atoms with Gasteiger partial charge in [-0.25, -0.2) is 0 Å². The van der Waals surface area contributed by atoms with Gasteiger partial charge in [0.05, 0.1) is 18.3 Å². The van der Waals surface area contributed by atoms with Crippen LogP contribution >= 0.6 is 0 Å². The number of rotatable bonds is 6. The largest absolute Gasteiger partial charge is 0.504 e. The molecule has 192 valence electrons. The molecule has 3 fully saturated rings. The van der Waals surface area contributed by atoms with Crippen LogP contribution in [0.2, 0.25) is 0 Å². The SMILES string of the molecule is CC1(C)CCC(Oc2ccc(O)c(OC3CCC(C)(C)CC3)c2OC2CCC(C)(C)CC2)CC1. The smallest absolute Gasteiger partial charge is 0.207 e. The Balaban J connectivity index is 1.55. The zero-order valence-corrected chi connectivity index (χ0v) is 22.5. The fraction of sp³-hybridized carbons (Fsp3) is 0.800.